The molecule has 2 fully saturated rings. The Hall–Kier alpha value is -5.42. The fraction of sp³-hybridized carbons (Fsp3) is 0.425. The van der Waals surface area contributed by atoms with E-state index < -0.39 is 77.7 Å². The van der Waals surface area contributed by atoms with Crippen LogP contribution in [0.5, 0.6) is 5.88 Å². The molecule has 0 bridgehead atoms. The molecule has 58 heavy (non-hydrogen) atoms. The van der Waals surface area contributed by atoms with E-state index in [1.54, 1.807) is 69.3 Å². The minimum atomic E-state index is -3.40. The van der Waals surface area contributed by atoms with Crippen molar-refractivity contribution in [3.8, 4) is 5.88 Å². The Bertz CT molecular complexity index is 2140. The smallest absolute Gasteiger partial charge is 0.411 e. The van der Waals surface area contributed by atoms with Gasteiger partial charge in [-0.05, 0) is 64.3 Å². The summed E-state index contributed by atoms with van der Waals surface area (Å²) in [5.74, 6) is -9.26. The van der Waals surface area contributed by atoms with Gasteiger partial charge in [0.05, 0.1) is 40.6 Å². The monoisotopic (exact) mass is 833 g/mol. The van der Waals surface area contributed by atoms with Crippen LogP contribution in [0.25, 0.3) is 22.1 Å². The third-order valence-electron chi connectivity index (χ3n) is 8.77. The molecule has 6 rings (SSSR count). The van der Waals surface area contributed by atoms with Crippen molar-refractivity contribution in [3.63, 3.8) is 0 Å². The number of aliphatic hydroxyl groups excluding tert-OH is 1. The number of nitrogens with zero attached hydrogens (tertiary/aromatic N) is 5. The van der Waals surface area contributed by atoms with Crippen LogP contribution in [0, 0.1) is 5.92 Å². The lowest BCUT2D eigenvalue weighted by molar-refractivity contribution is -0.142. The molecule has 1 saturated heterocycles. The molecule has 0 radical (unpaired) electrons. The summed E-state index contributed by atoms with van der Waals surface area (Å²) in [4.78, 5) is 51.5. The molecule has 2 aromatic carbocycles. The predicted molar refractivity (Wildman–Crippen MR) is 206 cm³/mol. The molecule has 4 atom stereocenters. The van der Waals surface area contributed by atoms with Gasteiger partial charge in [0.15, 0.2) is 10.8 Å². The quantitative estimate of drug-likeness (QED) is 0.103. The molecule has 312 valence electrons. The van der Waals surface area contributed by atoms with Crippen molar-refractivity contribution in [2.24, 2.45) is 5.92 Å². The molecule has 13 nitrogen and oxygen atoms in total. The van der Waals surface area contributed by atoms with E-state index in [9.17, 15) is 37.1 Å². The lowest BCUT2D eigenvalue weighted by Gasteiger charge is -2.26. The maximum atomic E-state index is 14.8. The number of likely N-dealkylation sites (tertiary alicyclic amines) is 1. The number of carboxylic acids is 2. The number of hydrogen-bond donors (Lipinski definition) is 3. The van der Waals surface area contributed by atoms with Crippen molar-refractivity contribution in [2.45, 2.75) is 95.0 Å². The molecule has 1 amide bonds. The average molecular weight is 834 g/mol. The van der Waals surface area contributed by atoms with Crippen molar-refractivity contribution >= 4 is 51.7 Å². The zero-order valence-electron chi connectivity index (χ0n) is 32.0. The molecule has 1 aliphatic heterocycles. The SMILES string of the molecule is C=CCC(F)(F)c1nc2ccccc2nc1Cl.C=CCC(F)(F)c1nc2ccccc2nc1O[C@@H]1C[C@@H](C(=O)O)N(C(=O)OC(C)(C)C)C1.O=C(O)[C@H]1CC[C@H](O)C1. The van der Waals surface area contributed by atoms with Gasteiger partial charge >= 0.3 is 18.0 Å². The van der Waals surface area contributed by atoms with Crippen molar-refractivity contribution < 1.29 is 56.7 Å². The first kappa shape index (κ1) is 45.3. The highest BCUT2D eigenvalue weighted by atomic mass is 35.5. The van der Waals surface area contributed by atoms with E-state index in [1.165, 1.54) is 0 Å². The molecule has 0 spiro atoms. The molecule has 4 aromatic rings. The second kappa shape index (κ2) is 18.9. The number of carboxylic acid groups (broad SMARTS) is 2. The Morgan fingerprint density at radius 2 is 1.31 bits per heavy atom. The number of aromatic nitrogens is 4. The third-order valence-corrected chi connectivity index (χ3v) is 9.03. The molecule has 2 aliphatic rings. The van der Waals surface area contributed by atoms with Gasteiger partial charge in [0.25, 0.3) is 11.8 Å². The number of aliphatic carboxylic acids is 2. The van der Waals surface area contributed by atoms with Crippen LogP contribution in [0.2, 0.25) is 5.15 Å². The summed E-state index contributed by atoms with van der Waals surface area (Å²) in [7, 11) is 0. The number of carbonyl (C=O) groups excluding carboxylic acids is 1. The second-order valence-corrected chi connectivity index (χ2v) is 14.9. The minimum absolute atomic E-state index is 0.116. The first-order valence-corrected chi connectivity index (χ1v) is 18.5. The number of para-hydroxylation sites is 4. The highest BCUT2D eigenvalue weighted by Crippen LogP contribution is 2.38. The van der Waals surface area contributed by atoms with E-state index in [-0.39, 0.29) is 35.7 Å². The highest BCUT2D eigenvalue weighted by molar-refractivity contribution is 6.30. The highest BCUT2D eigenvalue weighted by Gasteiger charge is 2.44. The number of carbonyl (C=O) groups is 3. The molecule has 1 aliphatic carbocycles. The fourth-order valence-corrected chi connectivity index (χ4v) is 6.32. The fourth-order valence-electron chi connectivity index (χ4n) is 6.05. The Morgan fingerprint density at radius 3 is 1.76 bits per heavy atom. The van der Waals surface area contributed by atoms with E-state index in [0.29, 0.717) is 35.8 Å². The van der Waals surface area contributed by atoms with Gasteiger partial charge in [-0.1, -0.05) is 48.0 Å². The summed E-state index contributed by atoms with van der Waals surface area (Å²) in [6, 6.07) is 12.0. The molecular formula is C40H44ClF4N5O8. The standard InChI is InChI=1S/C22H25F2N3O5.C12H9ClF2N2.C6H10O3/c1-5-10-22(23,24)17-18(26-15-9-7-6-8-14(15)25-17)31-13-11-16(19(28)29)27(12-13)20(30)32-21(2,3)4;1-2-7-12(14,15)10-11(13)17-9-6-4-3-5-8(9)16-10;7-5-2-1-4(3-5)6(8)9/h5-9,13,16H,1,10-12H2,2-4H3,(H,28,29);2-6H,1,7H2;4-5,7H,1-3H2,(H,8,9)/t13-,16+;;4-,5-/m1.0/s1. The van der Waals surface area contributed by atoms with Gasteiger partial charge in [0.1, 0.15) is 23.4 Å². The number of aliphatic hydroxyl groups is 1. The normalized spacial score (nSPS) is 19.4. The number of alkyl halides is 4. The van der Waals surface area contributed by atoms with Crippen LogP contribution in [0.1, 0.15) is 70.7 Å². The van der Waals surface area contributed by atoms with E-state index in [0.717, 1.165) is 17.1 Å². The number of ether oxygens (including phenoxy) is 2. The first-order chi connectivity index (χ1) is 27.2. The predicted octanol–water partition coefficient (Wildman–Crippen LogP) is 8.32. The van der Waals surface area contributed by atoms with Gasteiger partial charge in [0, 0.05) is 19.3 Å². The summed E-state index contributed by atoms with van der Waals surface area (Å²) in [5.41, 5.74) is -0.494. The van der Waals surface area contributed by atoms with Crippen molar-refractivity contribution in [1.29, 1.82) is 0 Å². The Labute approximate surface area is 336 Å². The summed E-state index contributed by atoms with van der Waals surface area (Å²) in [5, 5.41) is 26.6. The number of allylic oxidation sites excluding steroid dienone is 2. The van der Waals surface area contributed by atoms with Gasteiger partial charge in [0.2, 0.25) is 5.88 Å². The van der Waals surface area contributed by atoms with Crippen LogP contribution in [0.4, 0.5) is 22.4 Å². The number of fused-ring (bicyclic) bond motifs is 2. The number of benzene rings is 2. The summed E-state index contributed by atoms with van der Waals surface area (Å²) >= 11 is 5.74. The van der Waals surface area contributed by atoms with Crippen LogP contribution in [-0.4, -0.2) is 88.6 Å². The van der Waals surface area contributed by atoms with Crippen LogP contribution in [-0.2, 0) is 26.2 Å². The minimum Gasteiger partial charge on any atom is -0.481 e. The largest absolute Gasteiger partial charge is 0.481 e. The third kappa shape index (κ3) is 11.8. The second-order valence-electron chi connectivity index (χ2n) is 14.6. The topological polar surface area (TPSA) is 185 Å². The zero-order valence-corrected chi connectivity index (χ0v) is 32.7. The maximum Gasteiger partial charge on any atom is 0.411 e. The van der Waals surface area contributed by atoms with Gasteiger partial charge in [-0.2, -0.15) is 17.6 Å². The number of hydrogen-bond acceptors (Lipinski definition) is 10. The van der Waals surface area contributed by atoms with Gasteiger partial charge in [-0.15, -0.1) is 13.2 Å². The van der Waals surface area contributed by atoms with Gasteiger partial charge in [-0.25, -0.2) is 29.5 Å². The van der Waals surface area contributed by atoms with Crippen LogP contribution >= 0.6 is 11.6 Å². The number of halogens is 5. The lowest BCUT2D eigenvalue weighted by Crippen LogP contribution is -2.43. The molecule has 0 unspecified atom stereocenters. The summed E-state index contributed by atoms with van der Waals surface area (Å²) < 4.78 is 68.0. The molecule has 3 heterocycles. The Kier molecular flexibility index (Phi) is 14.7. The van der Waals surface area contributed by atoms with Gasteiger partial charge in [-0.3, -0.25) is 9.69 Å². The zero-order chi connectivity index (χ0) is 43.0. The van der Waals surface area contributed by atoms with E-state index >= 15 is 0 Å². The Morgan fingerprint density at radius 1 is 0.810 bits per heavy atom. The lowest BCUT2D eigenvalue weighted by atomic mass is 10.1. The van der Waals surface area contributed by atoms with E-state index in [1.807, 2.05) is 0 Å². The van der Waals surface area contributed by atoms with E-state index in [2.05, 4.69) is 33.1 Å². The summed E-state index contributed by atoms with van der Waals surface area (Å²) in [6.45, 7) is 11.5. The first-order valence-electron chi connectivity index (χ1n) is 18.1. The van der Waals surface area contributed by atoms with Crippen molar-refractivity contribution in [2.75, 3.05) is 6.54 Å². The van der Waals surface area contributed by atoms with Crippen LogP contribution in [0.15, 0.2) is 73.8 Å². The van der Waals surface area contributed by atoms with Crippen LogP contribution in [0.3, 0.4) is 0 Å². The maximum absolute atomic E-state index is 14.8. The number of amides is 1. The molecule has 2 aromatic heterocycles. The average Bonchev–Trinajstić information content (AvgIpc) is 3.78. The summed E-state index contributed by atoms with van der Waals surface area (Å²) in [6.07, 6.45) is 0.538. The molecule has 18 heteroatoms. The molecule has 3 N–H and O–H groups in total. The van der Waals surface area contributed by atoms with Crippen molar-refractivity contribution in [3.05, 3.63) is 90.4 Å². The Balaban J connectivity index is 0.000000236. The van der Waals surface area contributed by atoms with Crippen LogP contribution < -0.4 is 4.74 Å². The van der Waals surface area contributed by atoms with Crippen molar-refractivity contribution in [1.82, 2.24) is 24.8 Å². The molecular weight excluding hydrogens is 790 g/mol. The van der Waals surface area contributed by atoms with E-state index in [4.69, 9.17) is 31.3 Å². The number of rotatable bonds is 10. The molecule has 1 saturated carbocycles. The van der Waals surface area contributed by atoms with Gasteiger partial charge < -0.3 is 24.8 Å².